The van der Waals surface area contributed by atoms with Crippen molar-refractivity contribution in [2.24, 2.45) is 5.73 Å². The van der Waals surface area contributed by atoms with Crippen LogP contribution in [0.4, 0.5) is 34.9 Å². The molecule has 252 valence electrons. The predicted molar refractivity (Wildman–Crippen MR) is 184 cm³/mol. The van der Waals surface area contributed by atoms with Crippen LogP contribution in [0.5, 0.6) is 0 Å². The average Bonchev–Trinajstić information content (AvgIpc) is 3.12. The van der Waals surface area contributed by atoms with Gasteiger partial charge in [0, 0.05) is 74.9 Å². The first-order valence-electron chi connectivity index (χ1n) is 15.8. The van der Waals surface area contributed by atoms with Gasteiger partial charge in [0.15, 0.2) is 0 Å². The highest BCUT2D eigenvalue weighted by Gasteiger charge is 2.21. The summed E-state index contributed by atoms with van der Waals surface area (Å²) in [5.74, 6) is 1.11. The number of hydrogen-bond acceptors (Lipinski definition) is 13. The van der Waals surface area contributed by atoms with E-state index in [0.717, 1.165) is 11.3 Å². The highest BCUT2D eigenvalue weighted by Crippen LogP contribution is 2.24. The minimum Gasteiger partial charge on any atom is -0.378 e. The average molecular weight is 657 g/mol. The van der Waals surface area contributed by atoms with Gasteiger partial charge in [-0.2, -0.15) is 15.0 Å². The summed E-state index contributed by atoms with van der Waals surface area (Å²) in [6.45, 7) is 5.85. The molecule has 0 saturated carbocycles. The van der Waals surface area contributed by atoms with Gasteiger partial charge >= 0.3 is 0 Å². The third kappa shape index (κ3) is 10.1. The van der Waals surface area contributed by atoms with Gasteiger partial charge in [-0.25, -0.2) is 0 Å². The van der Waals surface area contributed by atoms with E-state index < -0.39 is 4.92 Å². The summed E-state index contributed by atoms with van der Waals surface area (Å²) in [5.41, 5.74) is 8.69. The molecule has 5 rings (SSSR count). The van der Waals surface area contributed by atoms with E-state index in [0.29, 0.717) is 101 Å². The maximum absolute atomic E-state index is 12.6. The molecule has 0 bridgehead atoms. The lowest BCUT2D eigenvalue weighted by Crippen LogP contribution is -2.47. The number of carbonyl (C=O) groups excluding carboxylic acids is 1. The molecule has 5 N–H and O–H groups in total. The second-order valence-corrected chi connectivity index (χ2v) is 10.8. The number of nitrogens with two attached hydrogens (primary N) is 1. The minimum atomic E-state index is -0.397. The van der Waals surface area contributed by atoms with Crippen molar-refractivity contribution in [3.8, 4) is 0 Å². The second kappa shape index (κ2) is 17.5. The fraction of sp³-hybridized carbons (Fsp3) is 0.333. The summed E-state index contributed by atoms with van der Waals surface area (Å²) in [6, 6.07) is 23.6. The van der Waals surface area contributed by atoms with Gasteiger partial charge in [-0.1, -0.05) is 30.3 Å². The molecule has 4 aromatic rings. The predicted octanol–water partition coefficient (Wildman–Crippen LogP) is 3.18. The molecule has 1 amide bonds. The van der Waals surface area contributed by atoms with Crippen molar-refractivity contribution in [2.75, 3.05) is 86.1 Å². The summed E-state index contributed by atoms with van der Waals surface area (Å²) >= 11 is 0. The molecular weight excluding hydrogens is 616 g/mol. The van der Waals surface area contributed by atoms with Crippen molar-refractivity contribution in [2.45, 2.75) is 6.54 Å². The number of carbonyl (C=O) groups is 1. The van der Waals surface area contributed by atoms with Crippen molar-refractivity contribution in [3.63, 3.8) is 0 Å². The molecule has 0 atom stereocenters. The Balaban J connectivity index is 1.21. The molecule has 1 saturated heterocycles. The topological polar surface area (TPSA) is 186 Å². The van der Waals surface area contributed by atoms with Gasteiger partial charge in [0.05, 0.1) is 31.4 Å². The van der Waals surface area contributed by atoms with Gasteiger partial charge in [-0.3, -0.25) is 14.9 Å². The summed E-state index contributed by atoms with van der Waals surface area (Å²) < 4.78 is 10.7. The van der Waals surface area contributed by atoms with Gasteiger partial charge in [-0.05, 0) is 42.0 Å². The van der Waals surface area contributed by atoms with Crippen molar-refractivity contribution in [1.82, 2.24) is 20.3 Å². The number of anilines is 5. The Labute approximate surface area is 278 Å². The number of non-ortho nitro benzene ring substituents is 1. The van der Waals surface area contributed by atoms with Crippen LogP contribution in [-0.4, -0.2) is 91.5 Å². The van der Waals surface area contributed by atoms with E-state index in [1.54, 1.807) is 36.4 Å². The van der Waals surface area contributed by atoms with Gasteiger partial charge in [0.25, 0.3) is 11.6 Å². The molecule has 1 aliphatic rings. The molecule has 1 fully saturated rings. The molecular formula is C33H40N10O5. The monoisotopic (exact) mass is 656 g/mol. The van der Waals surface area contributed by atoms with Crippen LogP contribution < -0.4 is 31.5 Å². The summed E-state index contributed by atoms with van der Waals surface area (Å²) in [4.78, 5) is 41.6. The Kier molecular flexibility index (Phi) is 12.4. The lowest BCUT2D eigenvalue weighted by molar-refractivity contribution is -0.384. The van der Waals surface area contributed by atoms with E-state index in [2.05, 4.69) is 30.7 Å². The minimum absolute atomic E-state index is 0.0678. The highest BCUT2D eigenvalue weighted by atomic mass is 16.6. The molecule has 1 aromatic heterocycles. The standard InChI is InChI=1S/C33H40N10O5/c34-14-20-47-22-23-48-21-15-35-30(44)26-6-8-27(9-7-26)37-32-38-31(36-24-25-4-2-1-3-5-25)39-33(40-32)42-18-16-41(17-19-42)28-10-12-29(13-11-28)43(45)46/h1-13H,14-24,34H2,(H,35,44)(H2,36,37,38,39,40). The normalized spacial score (nSPS) is 12.9. The van der Waals surface area contributed by atoms with Crippen molar-refractivity contribution in [3.05, 3.63) is 100 Å². The van der Waals surface area contributed by atoms with Crippen LogP contribution in [0.1, 0.15) is 15.9 Å². The number of hydrogen-bond donors (Lipinski definition) is 4. The Hall–Kier alpha value is -5.38. The second-order valence-electron chi connectivity index (χ2n) is 10.8. The van der Waals surface area contributed by atoms with E-state index >= 15 is 0 Å². The Morgan fingerprint density at radius 2 is 1.48 bits per heavy atom. The van der Waals surface area contributed by atoms with Crippen LogP contribution in [0.25, 0.3) is 0 Å². The molecule has 0 unspecified atom stereocenters. The van der Waals surface area contributed by atoms with E-state index in [4.69, 9.17) is 25.2 Å². The zero-order valence-electron chi connectivity index (χ0n) is 26.6. The SMILES string of the molecule is NCCOCCOCCNC(=O)c1ccc(Nc2nc(NCc3ccccc3)nc(N3CCN(c4ccc([N+](=O)[O-])cc4)CC3)n2)cc1. The van der Waals surface area contributed by atoms with Crippen LogP contribution in [0.2, 0.25) is 0 Å². The fourth-order valence-corrected chi connectivity index (χ4v) is 4.95. The largest absolute Gasteiger partial charge is 0.378 e. The number of aromatic nitrogens is 3. The number of nitro groups is 1. The summed E-state index contributed by atoms with van der Waals surface area (Å²) in [6.07, 6.45) is 0. The summed E-state index contributed by atoms with van der Waals surface area (Å²) in [5, 5.41) is 20.5. The van der Waals surface area contributed by atoms with Crippen LogP contribution >= 0.6 is 0 Å². The number of benzene rings is 3. The molecule has 2 heterocycles. The van der Waals surface area contributed by atoms with Crippen LogP contribution in [-0.2, 0) is 16.0 Å². The quantitative estimate of drug-likeness (QED) is 0.0738. The molecule has 0 spiro atoms. The van der Waals surface area contributed by atoms with Gasteiger partial charge in [-0.15, -0.1) is 0 Å². The third-order valence-electron chi connectivity index (χ3n) is 7.47. The van der Waals surface area contributed by atoms with Crippen LogP contribution in [0.15, 0.2) is 78.9 Å². The number of nitro benzene ring substituents is 1. The first kappa shape index (κ1) is 34.0. The van der Waals surface area contributed by atoms with Crippen molar-refractivity contribution in [1.29, 1.82) is 0 Å². The van der Waals surface area contributed by atoms with E-state index in [1.807, 2.05) is 30.3 Å². The van der Waals surface area contributed by atoms with E-state index in [1.165, 1.54) is 12.1 Å². The van der Waals surface area contributed by atoms with Crippen molar-refractivity contribution >= 4 is 40.8 Å². The zero-order valence-corrected chi connectivity index (χ0v) is 26.6. The molecule has 1 aliphatic heterocycles. The smallest absolute Gasteiger partial charge is 0.269 e. The van der Waals surface area contributed by atoms with Crippen molar-refractivity contribution < 1.29 is 19.2 Å². The third-order valence-corrected chi connectivity index (χ3v) is 7.47. The lowest BCUT2D eigenvalue weighted by atomic mass is 10.2. The van der Waals surface area contributed by atoms with E-state index in [-0.39, 0.29) is 11.6 Å². The molecule has 3 aromatic carbocycles. The highest BCUT2D eigenvalue weighted by molar-refractivity contribution is 5.94. The number of amides is 1. The molecule has 0 aliphatic carbocycles. The Morgan fingerprint density at radius 1 is 0.812 bits per heavy atom. The molecule has 15 nitrogen and oxygen atoms in total. The first-order valence-corrected chi connectivity index (χ1v) is 15.8. The Bertz CT molecular complexity index is 1600. The van der Waals surface area contributed by atoms with Gasteiger partial charge < -0.3 is 41.0 Å². The zero-order chi connectivity index (χ0) is 33.6. The maximum atomic E-state index is 12.6. The number of piperazine rings is 1. The molecule has 48 heavy (non-hydrogen) atoms. The van der Waals surface area contributed by atoms with Gasteiger partial charge in [0.2, 0.25) is 17.8 Å². The van der Waals surface area contributed by atoms with E-state index in [9.17, 15) is 14.9 Å². The summed E-state index contributed by atoms with van der Waals surface area (Å²) in [7, 11) is 0. The molecule has 0 radical (unpaired) electrons. The number of ether oxygens (including phenoxy) is 2. The van der Waals surface area contributed by atoms with Crippen LogP contribution in [0, 0.1) is 10.1 Å². The lowest BCUT2D eigenvalue weighted by Gasteiger charge is -2.36. The van der Waals surface area contributed by atoms with Gasteiger partial charge in [0.1, 0.15) is 0 Å². The van der Waals surface area contributed by atoms with Crippen LogP contribution in [0.3, 0.4) is 0 Å². The molecule has 15 heteroatoms. The number of rotatable bonds is 17. The number of nitrogens with one attached hydrogen (secondary N) is 3. The first-order chi connectivity index (χ1) is 23.5. The maximum Gasteiger partial charge on any atom is 0.269 e. The Morgan fingerprint density at radius 3 is 2.17 bits per heavy atom. The number of nitrogens with zero attached hydrogens (tertiary/aromatic N) is 6. The fourth-order valence-electron chi connectivity index (χ4n) is 4.95.